The van der Waals surface area contributed by atoms with Crippen molar-refractivity contribution in [2.75, 3.05) is 26.3 Å². The van der Waals surface area contributed by atoms with Crippen molar-refractivity contribution in [2.45, 2.75) is 19.5 Å². The van der Waals surface area contributed by atoms with Gasteiger partial charge in [0.1, 0.15) is 6.04 Å². The molecular formula is C13H19N3O2. The van der Waals surface area contributed by atoms with Crippen LogP contribution in [0.5, 0.6) is 0 Å². The van der Waals surface area contributed by atoms with E-state index in [4.69, 9.17) is 4.74 Å². The summed E-state index contributed by atoms with van der Waals surface area (Å²) in [5, 5.41) is 3.18. The average molecular weight is 249 g/mol. The Hall–Kier alpha value is -1.46. The molecule has 1 N–H and O–H groups in total. The van der Waals surface area contributed by atoms with Gasteiger partial charge in [0.05, 0.1) is 25.5 Å². The molecule has 0 aliphatic carbocycles. The Morgan fingerprint density at radius 2 is 2.50 bits per heavy atom. The van der Waals surface area contributed by atoms with Crippen molar-refractivity contribution in [2.24, 2.45) is 0 Å². The van der Waals surface area contributed by atoms with Gasteiger partial charge in [-0.1, -0.05) is 6.07 Å². The highest BCUT2D eigenvalue weighted by Crippen LogP contribution is 2.05. The molecule has 0 unspecified atom stereocenters. The number of likely N-dealkylation sites (N-methyl/N-ethyl adjacent to an activating group) is 1. The van der Waals surface area contributed by atoms with Crippen LogP contribution in [0.3, 0.4) is 0 Å². The van der Waals surface area contributed by atoms with Crippen LogP contribution in [0.15, 0.2) is 24.4 Å². The van der Waals surface area contributed by atoms with E-state index in [1.165, 1.54) is 0 Å². The van der Waals surface area contributed by atoms with Crippen molar-refractivity contribution in [3.05, 3.63) is 30.1 Å². The topological polar surface area (TPSA) is 54.5 Å². The summed E-state index contributed by atoms with van der Waals surface area (Å²) in [4.78, 5) is 18.3. The first-order valence-corrected chi connectivity index (χ1v) is 6.31. The van der Waals surface area contributed by atoms with E-state index in [9.17, 15) is 4.79 Å². The molecule has 2 rings (SSSR count). The fraction of sp³-hybridized carbons (Fsp3) is 0.538. The predicted octanol–water partition coefficient (Wildman–Crippen LogP) is 0.418. The number of aromatic nitrogens is 1. The Morgan fingerprint density at radius 1 is 1.61 bits per heavy atom. The number of nitrogens with zero attached hydrogens (tertiary/aromatic N) is 2. The number of hydrogen-bond acceptors (Lipinski definition) is 4. The largest absolute Gasteiger partial charge is 0.378 e. The second kappa shape index (κ2) is 6.47. The minimum atomic E-state index is -0.220. The van der Waals surface area contributed by atoms with Crippen molar-refractivity contribution >= 4 is 5.91 Å². The van der Waals surface area contributed by atoms with E-state index in [0.29, 0.717) is 26.3 Å². The standard InChI is InChI=1S/C13H19N3O2/c1-2-16(9-11-5-3-4-6-14-11)13(17)12-10-18-8-7-15-12/h3-6,12,15H,2,7-10H2,1H3/t12-/m0/s1. The molecule has 1 saturated heterocycles. The molecule has 5 nitrogen and oxygen atoms in total. The maximum Gasteiger partial charge on any atom is 0.242 e. The lowest BCUT2D eigenvalue weighted by Gasteiger charge is -2.29. The third kappa shape index (κ3) is 3.27. The third-order valence-corrected chi connectivity index (χ3v) is 2.99. The first-order valence-electron chi connectivity index (χ1n) is 6.31. The number of nitrogens with one attached hydrogen (secondary N) is 1. The third-order valence-electron chi connectivity index (χ3n) is 2.99. The molecule has 1 aliphatic heterocycles. The van der Waals surface area contributed by atoms with Crippen molar-refractivity contribution in [1.29, 1.82) is 0 Å². The van der Waals surface area contributed by atoms with Gasteiger partial charge in [-0.05, 0) is 19.1 Å². The summed E-state index contributed by atoms with van der Waals surface area (Å²) >= 11 is 0. The van der Waals surface area contributed by atoms with Crippen LogP contribution < -0.4 is 5.32 Å². The van der Waals surface area contributed by atoms with E-state index in [-0.39, 0.29) is 11.9 Å². The maximum atomic E-state index is 12.3. The zero-order valence-corrected chi connectivity index (χ0v) is 10.6. The molecule has 0 radical (unpaired) electrons. The Morgan fingerprint density at radius 3 is 3.11 bits per heavy atom. The second-order valence-electron chi connectivity index (χ2n) is 4.26. The van der Waals surface area contributed by atoms with Gasteiger partial charge in [0.15, 0.2) is 0 Å². The number of pyridine rings is 1. The second-order valence-corrected chi connectivity index (χ2v) is 4.26. The minimum Gasteiger partial charge on any atom is -0.378 e. The van der Waals surface area contributed by atoms with Crippen molar-refractivity contribution < 1.29 is 9.53 Å². The summed E-state index contributed by atoms with van der Waals surface area (Å²) in [6.45, 7) is 5.07. The maximum absolute atomic E-state index is 12.3. The summed E-state index contributed by atoms with van der Waals surface area (Å²) in [6, 6.07) is 5.52. The molecule has 18 heavy (non-hydrogen) atoms. The smallest absolute Gasteiger partial charge is 0.242 e. The Balaban J connectivity index is 1.97. The Bertz CT molecular complexity index is 377. The molecule has 1 aromatic rings. The molecule has 0 bridgehead atoms. The molecule has 0 aromatic carbocycles. The highest BCUT2D eigenvalue weighted by Gasteiger charge is 2.25. The highest BCUT2D eigenvalue weighted by molar-refractivity contribution is 5.82. The van der Waals surface area contributed by atoms with Gasteiger partial charge >= 0.3 is 0 Å². The summed E-state index contributed by atoms with van der Waals surface area (Å²) in [5.41, 5.74) is 0.907. The van der Waals surface area contributed by atoms with Crippen LogP contribution in [0.1, 0.15) is 12.6 Å². The van der Waals surface area contributed by atoms with Crippen LogP contribution in [0.4, 0.5) is 0 Å². The van der Waals surface area contributed by atoms with E-state index < -0.39 is 0 Å². The zero-order chi connectivity index (χ0) is 12.8. The molecular weight excluding hydrogens is 230 g/mol. The van der Waals surface area contributed by atoms with Crippen molar-refractivity contribution in [1.82, 2.24) is 15.2 Å². The molecule has 5 heteroatoms. The lowest BCUT2D eigenvalue weighted by atomic mass is 10.2. The van der Waals surface area contributed by atoms with Gasteiger partial charge in [0, 0.05) is 19.3 Å². The molecule has 98 valence electrons. The molecule has 1 aliphatic rings. The predicted molar refractivity (Wildman–Crippen MR) is 67.9 cm³/mol. The molecule has 2 heterocycles. The fourth-order valence-electron chi connectivity index (χ4n) is 1.98. The van der Waals surface area contributed by atoms with Crippen molar-refractivity contribution in [3.8, 4) is 0 Å². The van der Waals surface area contributed by atoms with Crippen LogP contribution in [0, 0.1) is 0 Å². The molecule has 0 spiro atoms. The van der Waals surface area contributed by atoms with E-state index in [0.717, 1.165) is 12.2 Å². The first kappa shape index (κ1) is 13.0. The van der Waals surface area contributed by atoms with Crippen LogP contribution in [0.25, 0.3) is 0 Å². The molecule has 1 aromatic heterocycles. The van der Waals surface area contributed by atoms with Crippen LogP contribution >= 0.6 is 0 Å². The number of carbonyl (C=O) groups excluding carboxylic acids is 1. The van der Waals surface area contributed by atoms with Gasteiger partial charge in [-0.25, -0.2) is 0 Å². The quantitative estimate of drug-likeness (QED) is 0.840. The van der Waals surface area contributed by atoms with Crippen molar-refractivity contribution in [3.63, 3.8) is 0 Å². The molecule has 0 saturated carbocycles. The van der Waals surface area contributed by atoms with Gasteiger partial charge in [-0.2, -0.15) is 0 Å². The van der Waals surface area contributed by atoms with E-state index >= 15 is 0 Å². The van der Waals surface area contributed by atoms with E-state index in [1.807, 2.05) is 25.1 Å². The van der Waals surface area contributed by atoms with Gasteiger partial charge in [0.25, 0.3) is 0 Å². The number of ether oxygens (including phenoxy) is 1. The number of rotatable bonds is 4. The summed E-state index contributed by atoms with van der Waals surface area (Å²) in [6.07, 6.45) is 1.75. The normalized spacial score (nSPS) is 19.5. The van der Waals surface area contributed by atoms with Gasteiger partial charge in [0.2, 0.25) is 5.91 Å². The van der Waals surface area contributed by atoms with Gasteiger partial charge in [-0.3, -0.25) is 9.78 Å². The lowest BCUT2D eigenvalue weighted by molar-refractivity contribution is -0.136. The summed E-state index contributed by atoms with van der Waals surface area (Å²) < 4.78 is 5.32. The summed E-state index contributed by atoms with van der Waals surface area (Å²) in [7, 11) is 0. The molecule has 1 amide bonds. The number of amides is 1. The number of carbonyl (C=O) groups is 1. The number of hydrogen-bond donors (Lipinski definition) is 1. The monoisotopic (exact) mass is 249 g/mol. The Labute approximate surface area is 107 Å². The van der Waals surface area contributed by atoms with E-state index in [1.54, 1.807) is 11.1 Å². The fourth-order valence-corrected chi connectivity index (χ4v) is 1.98. The number of morpholine rings is 1. The SMILES string of the molecule is CCN(Cc1ccccn1)C(=O)[C@@H]1COCCN1. The first-order chi connectivity index (χ1) is 8.81. The van der Waals surface area contributed by atoms with Gasteiger partial charge in [-0.15, -0.1) is 0 Å². The van der Waals surface area contributed by atoms with Gasteiger partial charge < -0.3 is 15.0 Å². The average Bonchev–Trinajstić information content (AvgIpc) is 2.46. The molecule has 1 fully saturated rings. The lowest BCUT2D eigenvalue weighted by Crippen LogP contribution is -2.52. The van der Waals surface area contributed by atoms with E-state index in [2.05, 4.69) is 10.3 Å². The highest BCUT2D eigenvalue weighted by atomic mass is 16.5. The summed E-state index contributed by atoms with van der Waals surface area (Å²) in [5.74, 6) is 0.0860. The van der Waals surface area contributed by atoms with Crippen LogP contribution in [-0.4, -0.2) is 48.1 Å². The molecule has 1 atom stereocenters. The zero-order valence-electron chi connectivity index (χ0n) is 10.6. The van der Waals surface area contributed by atoms with Crippen LogP contribution in [0.2, 0.25) is 0 Å². The van der Waals surface area contributed by atoms with Crippen LogP contribution in [-0.2, 0) is 16.1 Å². The Kier molecular flexibility index (Phi) is 4.66. The minimum absolute atomic E-state index is 0.0860.